The van der Waals surface area contributed by atoms with Crippen LogP contribution in [0.25, 0.3) is 0 Å². The molecular formula is C16H30N2O3. The number of hydrogen-bond acceptors (Lipinski definition) is 4. The molecule has 0 spiro atoms. The van der Waals surface area contributed by atoms with Crippen LogP contribution in [0.2, 0.25) is 0 Å². The van der Waals surface area contributed by atoms with E-state index in [2.05, 4.69) is 13.8 Å². The Morgan fingerprint density at radius 3 is 2.76 bits per heavy atom. The summed E-state index contributed by atoms with van der Waals surface area (Å²) >= 11 is 0. The van der Waals surface area contributed by atoms with Crippen molar-refractivity contribution in [1.82, 2.24) is 9.80 Å². The molecule has 21 heavy (non-hydrogen) atoms. The van der Waals surface area contributed by atoms with Crippen LogP contribution in [0.5, 0.6) is 0 Å². The second-order valence-electron chi connectivity index (χ2n) is 6.26. The molecule has 1 fully saturated rings. The maximum Gasteiger partial charge on any atom is 0.320 e. The highest BCUT2D eigenvalue weighted by molar-refractivity contribution is 5.76. The van der Waals surface area contributed by atoms with E-state index in [0.29, 0.717) is 25.5 Å². The third kappa shape index (κ3) is 6.46. The monoisotopic (exact) mass is 298 g/mol. The Hall–Kier alpha value is -1.10. The summed E-state index contributed by atoms with van der Waals surface area (Å²) in [5.41, 5.74) is 0. The summed E-state index contributed by atoms with van der Waals surface area (Å²) in [7, 11) is 1.94. The van der Waals surface area contributed by atoms with Crippen molar-refractivity contribution in [1.29, 1.82) is 0 Å². The molecule has 5 nitrogen and oxygen atoms in total. The molecule has 1 saturated heterocycles. The maximum atomic E-state index is 12.1. The lowest BCUT2D eigenvalue weighted by atomic mass is 10.1. The topological polar surface area (TPSA) is 49.9 Å². The molecule has 122 valence electrons. The van der Waals surface area contributed by atoms with Crippen LogP contribution in [0.4, 0.5) is 0 Å². The highest BCUT2D eigenvalue weighted by atomic mass is 16.5. The van der Waals surface area contributed by atoms with Crippen LogP contribution >= 0.6 is 0 Å². The minimum Gasteiger partial charge on any atom is -0.465 e. The van der Waals surface area contributed by atoms with Gasteiger partial charge in [0.05, 0.1) is 13.2 Å². The first-order valence-corrected chi connectivity index (χ1v) is 8.07. The highest BCUT2D eigenvalue weighted by Crippen LogP contribution is 2.17. The summed E-state index contributed by atoms with van der Waals surface area (Å²) < 4.78 is 4.98. The van der Waals surface area contributed by atoms with Gasteiger partial charge >= 0.3 is 5.97 Å². The second-order valence-corrected chi connectivity index (χ2v) is 6.26. The van der Waals surface area contributed by atoms with Gasteiger partial charge in [-0.3, -0.25) is 14.5 Å². The second kappa shape index (κ2) is 9.03. The number of carbonyl (C=O) groups is 2. The van der Waals surface area contributed by atoms with Gasteiger partial charge < -0.3 is 9.64 Å². The van der Waals surface area contributed by atoms with Gasteiger partial charge in [-0.15, -0.1) is 0 Å². The molecule has 0 aromatic heterocycles. The Morgan fingerprint density at radius 2 is 2.14 bits per heavy atom. The van der Waals surface area contributed by atoms with Gasteiger partial charge in [0.2, 0.25) is 5.91 Å². The van der Waals surface area contributed by atoms with Crippen molar-refractivity contribution in [2.24, 2.45) is 5.92 Å². The van der Waals surface area contributed by atoms with Gasteiger partial charge in [0.25, 0.3) is 0 Å². The lowest BCUT2D eigenvalue weighted by Gasteiger charge is -2.26. The van der Waals surface area contributed by atoms with Crippen LogP contribution in [-0.2, 0) is 14.3 Å². The molecule has 0 N–H and O–H groups in total. The van der Waals surface area contributed by atoms with Crippen molar-refractivity contribution in [3.8, 4) is 0 Å². The molecular weight excluding hydrogens is 268 g/mol. The third-order valence-corrected chi connectivity index (χ3v) is 4.06. The van der Waals surface area contributed by atoms with Crippen LogP contribution in [0.15, 0.2) is 0 Å². The van der Waals surface area contributed by atoms with Crippen molar-refractivity contribution < 1.29 is 14.3 Å². The van der Waals surface area contributed by atoms with Crippen molar-refractivity contribution in [2.75, 3.05) is 33.3 Å². The van der Waals surface area contributed by atoms with Crippen LogP contribution in [0.1, 0.15) is 46.5 Å². The summed E-state index contributed by atoms with van der Waals surface area (Å²) in [6.45, 7) is 8.54. The molecule has 0 aromatic carbocycles. The standard InChI is InChI=1S/C16H30N2O3/c1-5-21-16(20)12-17(4)14-6-7-15(19)18(11-9-14)10-8-13(2)3/h13-14H,5-12H2,1-4H3. The Kier molecular flexibility index (Phi) is 7.72. The number of likely N-dealkylation sites (N-methyl/N-ethyl adjacent to an activating group) is 1. The molecule has 1 unspecified atom stereocenters. The number of rotatable bonds is 7. The number of ether oxygens (including phenoxy) is 1. The van der Waals surface area contributed by atoms with Crippen LogP contribution in [0, 0.1) is 5.92 Å². The van der Waals surface area contributed by atoms with E-state index in [4.69, 9.17) is 4.74 Å². The summed E-state index contributed by atoms with van der Waals surface area (Å²) in [5, 5.41) is 0. The Labute approximate surface area is 128 Å². The van der Waals surface area contributed by atoms with Crippen LogP contribution in [0.3, 0.4) is 0 Å². The summed E-state index contributed by atoms with van der Waals surface area (Å²) in [5.74, 6) is 0.679. The molecule has 0 radical (unpaired) electrons. The SMILES string of the molecule is CCOC(=O)CN(C)C1CCC(=O)N(CCC(C)C)CC1. The molecule has 1 amide bonds. The minimum absolute atomic E-state index is 0.188. The molecule has 0 saturated carbocycles. The number of hydrogen-bond donors (Lipinski definition) is 0. The lowest BCUT2D eigenvalue weighted by Crippen LogP contribution is -2.37. The zero-order chi connectivity index (χ0) is 15.8. The lowest BCUT2D eigenvalue weighted by molar-refractivity contribution is -0.144. The Morgan fingerprint density at radius 1 is 1.43 bits per heavy atom. The van der Waals surface area contributed by atoms with Gasteiger partial charge in [-0.2, -0.15) is 0 Å². The number of nitrogens with zero attached hydrogens (tertiary/aromatic N) is 2. The van der Waals surface area contributed by atoms with Crippen molar-refractivity contribution >= 4 is 11.9 Å². The summed E-state index contributed by atoms with van der Waals surface area (Å²) in [4.78, 5) is 27.7. The van der Waals surface area contributed by atoms with E-state index in [1.807, 2.05) is 23.8 Å². The van der Waals surface area contributed by atoms with E-state index >= 15 is 0 Å². The minimum atomic E-state index is -0.188. The average Bonchev–Trinajstić information content (AvgIpc) is 2.58. The number of likely N-dealkylation sites (tertiary alicyclic amines) is 1. The highest BCUT2D eigenvalue weighted by Gasteiger charge is 2.25. The Balaban J connectivity index is 2.46. The first-order valence-electron chi connectivity index (χ1n) is 8.07. The maximum absolute atomic E-state index is 12.1. The van der Waals surface area contributed by atoms with Crippen molar-refractivity contribution in [3.63, 3.8) is 0 Å². The normalized spacial score (nSPS) is 20.0. The molecule has 1 atom stereocenters. The fourth-order valence-electron chi connectivity index (χ4n) is 2.65. The molecule has 1 aliphatic rings. The van der Waals surface area contributed by atoms with Gasteiger partial charge in [0.15, 0.2) is 0 Å². The molecule has 0 bridgehead atoms. The average molecular weight is 298 g/mol. The summed E-state index contributed by atoms with van der Waals surface area (Å²) in [6, 6.07) is 0.280. The zero-order valence-electron chi connectivity index (χ0n) is 13.9. The van der Waals surface area contributed by atoms with Crippen molar-refractivity contribution in [2.45, 2.75) is 52.5 Å². The molecule has 5 heteroatoms. The molecule has 1 heterocycles. The zero-order valence-corrected chi connectivity index (χ0v) is 13.9. The fourth-order valence-corrected chi connectivity index (χ4v) is 2.65. The number of carbonyl (C=O) groups excluding carboxylic acids is 2. The van der Waals surface area contributed by atoms with Crippen molar-refractivity contribution in [3.05, 3.63) is 0 Å². The van der Waals surface area contributed by atoms with Crippen LogP contribution < -0.4 is 0 Å². The smallest absolute Gasteiger partial charge is 0.320 e. The van der Waals surface area contributed by atoms with Gasteiger partial charge in [-0.1, -0.05) is 13.8 Å². The van der Waals surface area contributed by atoms with E-state index in [1.165, 1.54) is 0 Å². The van der Waals surface area contributed by atoms with E-state index in [0.717, 1.165) is 32.4 Å². The van der Waals surface area contributed by atoms with Gasteiger partial charge in [-0.05, 0) is 39.2 Å². The number of esters is 1. The molecule has 0 aliphatic carbocycles. The Bertz CT molecular complexity index is 344. The first-order chi connectivity index (χ1) is 9.93. The first kappa shape index (κ1) is 18.0. The van der Waals surface area contributed by atoms with Gasteiger partial charge in [0, 0.05) is 25.6 Å². The fraction of sp³-hybridized carbons (Fsp3) is 0.875. The quantitative estimate of drug-likeness (QED) is 0.674. The largest absolute Gasteiger partial charge is 0.465 e. The van der Waals surface area contributed by atoms with Crippen LogP contribution in [-0.4, -0.2) is 61.0 Å². The van der Waals surface area contributed by atoms with Gasteiger partial charge in [0.1, 0.15) is 0 Å². The third-order valence-electron chi connectivity index (χ3n) is 4.06. The molecule has 1 aliphatic heterocycles. The van der Waals surface area contributed by atoms with E-state index < -0.39 is 0 Å². The molecule has 1 rings (SSSR count). The predicted octanol–water partition coefficient (Wildman–Crippen LogP) is 1.91. The van der Waals surface area contributed by atoms with E-state index in [-0.39, 0.29) is 17.9 Å². The van der Waals surface area contributed by atoms with E-state index in [9.17, 15) is 9.59 Å². The molecule has 0 aromatic rings. The number of amides is 1. The summed E-state index contributed by atoms with van der Waals surface area (Å²) in [6.07, 6.45) is 3.39. The van der Waals surface area contributed by atoms with E-state index in [1.54, 1.807) is 0 Å². The predicted molar refractivity (Wildman–Crippen MR) is 82.9 cm³/mol. The van der Waals surface area contributed by atoms with Gasteiger partial charge in [-0.25, -0.2) is 0 Å².